The number of piperazine rings is 1. The molecule has 2 aliphatic heterocycles. The molecular formula is C31H35BrFN7O2. The van der Waals surface area contributed by atoms with Crippen LogP contribution in [0.1, 0.15) is 28.8 Å². The molecule has 2 saturated heterocycles. The molecule has 42 heavy (non-hydrogen) atoms. The zero-order chi connectivity index (χ0) is 29.4. The number of halogens is 2. The van der Waals surface area contributed by atoms with Gasteiger partial charge in [0.15, 0.2) is 12.1 Å². The predicted octanol–water partition coefficient (Wildman–Crippen LogP) is 5.41. The van der Waals surface area contributed by atoms with Gasteiger partial charge >= 0.3 is 0 Å². The molecule has 1 N–H and O–H groups in total. The van der Waals surface area contributed by atoms with Gasteiger partial charge in [0.1, 0.15) is 11.6 Å². The van der Waals surface area contributed by atoms with E-state index in [2.05, 4.69) is 67.0 Å². The number of ether oxygens (including phenoxy) is 1. The number of aldehydes is 1. The van der Waals surface area contributed by atoms with Gasteiger partial charge in [0.2, 0.25) is 5.95 Å². The third kappa shape index (κ3) is 5.60. The van der Waals surface area contributed by atoms with Crippen LogP contribution in [-0.2, 0) is 0 Å². The molecule has 9 nitrogen and oxygen atoms in total. The fourth-order valence-corrected chi connectivity index (χ4v) is 6.53. The largest absolute Gasteiger partial charge is 0.494 e. The molecule has 0 spiro atoms. The standard InChI is InChI=1S/C31H35BrFN7O2/c1-20-14-26(29(42-3)16-27(20)39-8-6-23(7-9-39)38-12-10-37(2)11-13-38)35-31-34-17-25(32)30(36-31)40-18-21(19-41)24-5-4-22(33)15-28(24)40/h4-5,14-19,23H,6-13H2,1-3H3,(H,34,35,36). The molecule has 0 radical (unpaired) electrons. The molecule has 4 aromatic rings. The number of nitrogens with zero attached hydrogens (tertiary/aromatic N) is 6. The van der Waals surface area contributed by atoms with Gasteiger partial charge in [-0.3, -0.25) is 14.3 Å². The number of carbonyl (C=O) groups is 1. The first-order valence-electron chi connectivity index (χ1n) is 14.3. The van der Waals surface area contributed by atoms with Crippen LogP contribution in [0.15, 0.2) is 47.2 Å². The first kappa shape index (κ1) is 28.6. The molecule has 0 atom stereocenters. The molecule has 2 fully saturated rings. The third-order valence-electron chi connectivity index (χ3n) is 8.50. The first-order valence-corrected chi connectivity index (χ1v) is 15.1. The minimum absolute atomic E-state index is 0.345. The van der Waals surface area contributed by atoms with Gasteiger partial charge in [-0.25, -0.2) is 9.37 Å². The Bertz CT molecular complexity index is 1610. The van der Waals surface area contributed by atoms with E-state index >= 15 is 0 Å². The summed E-state index contributed by atoms with van der Waals surface area (Å²) in [6.07, 6.45) is 6.36. The lowest BCUT2D eigenvalue weighted by Gasteiger charge is -2.43. The molecule has 2 aromatic heterocycles. The van der Waals surface area contributed by atoms with Crippen LogP contribution in [0.3, 0.4) is 0 Å². The molecule has 0 saturated carbocycles. The van der Waals surface area contributed by atoms with Crippen molar-refractivity contribution in [3.63, 3.8) is 0 Å². The minimum Gasteiger partial charge on any atom is -0.494 e. The lowest BCUT2D eigenvalue weighted by molar-refractivity contribution is 0.0982. The number of piperidine rings is 1. The monoisotopic (exact) mass is 635 g/mol. The Kier molecular flexibility index (Phi) is 8.15. The van der Waals surface area contributed by atoms with Gasteiger partial charge < -0.3 is 19.9 Å². The smallest absolute Gasteiger partial charge is 0.229 e. The minimum atomic E-state index is -0.397. The van der Waals surface area contributed by atoms with Gasteiger partial charge in [-0.2, -0.15) is 4.98 Å². The molecule has 220 valence electrons. The molecule has 0 amide bonds. The predicted molar refractivity (Wildman–Crippen MR) is 167 cm³/mol. The lowest BCUT2D eigenvalue weighted by Crippen LogP contribution is -2.52. The molecule has 2 aliphatic rings. The SMILES string of the molecule is COc1cc(N2CCC(N3CCN(C)CC3)CC2)c(C)cc1Nc1ncc(Br)c(-n2cc(C=O)c3ccc(F)cc32)n1. The Morgan fingerprint density at radius 3 is 2.57 bits per heavy atom. The average Bonchev–Trinajstić information content (AvgIpc) is 3.36. The van der Waals surface area contributed by atoms with Gasteiger partial charge in [0.25, 0.3) is 0 Å². The zero-order valence-electron chi connectivity index (χ0n) is 24.1. The Hall–Kier alpha value is -3.54. The summed E-state index contributed by atoms with van der Waals surface area (Å²) in [6.45, 7) is 8.75. The number of benzene rings is 2. The first-order chi connectivity index (χ1) is 20.3. The maximum Gasteiger partial charge on any atom is 0.229 e. The number of aryl methyl sites for hydroxylation is 1. The highest BCUT2D eigenvalue weighted by Crippen LogP contribution is 2.37. The molecule has 0 aliphatic carbocycles. The Labute approximate surface area is 253 Å². The molecule has 11 heteroatoms. The summed E-state index contributed by atoms with van der Waals surface area (Å²) >= 11 is 3.52. The quantitative estimate of drug-likeness (QED) is 0.270. The third-order valence-corrected chi connectivity index (χ3v) is 9.06. The number of likely N-dealkylation sites (N-methyl/N-ethyl adjacent to an activating group) is 1. The van der Waals surface area contributed by atoms with Crippen LogP contribution in [0.25, 0.3) is 16.7 Å². The van der Waals surface area contributed by atoms with Crippen LogP contribution < -0.4 is 15.0 Å². The number of fused-ring (bicyclic) bond motifs is 1. The second kappa shape index (κ2) is 12.0. The summed E-state index contributed by atoms with van der Waals surface area (Å²) in [6, 6.07) is 9.14. The summed E-state index contributed by atoms with van der Waals surface area (Å²) in [4.78, 5) is 28.4. The Morgan fingerprint density at radius 1 is 1.10 bits per heavy atom. The van der Waals surface area contributed by atoms with Crippen molar-refractivity contribution in [2.45, 2.75) is 25.8 Å². The van der Waals surface area contributed by atoms with E-state index in [9.17, 15) is 9.18 Å². The lowest BCUT2D eigenvalue weighted by atomic mass is 10.0. The summed E-state index contributed by atoms with van der Waals surface area (Å²) in [7, 11) is 3.86. The van der Waals surface area contributed by atoms with Crippen molar-refractivity contribution in [1.82, 2.24) is 24.3 Å². The van der Waals surface area contributed by atoms with E-state index < -0.39 is 5.82 Å². The van der Waals surface area contributed by atoms with Crippen molar-refractivity contribution in [1.29, 1.82) is 0 Å². The number of anilines is 3. The fourth-order valence-electron chi connectivity index (χ4n) is 6.15. The molecule has 0 unspecified atom stereocenters. The highest BCUT2D eigenvalue weighted by atomic mass is 79.9. The van der Waals surface area contributed by atoms with E-state index in [1.165, 1.54) is 17.8 Å². The van der Waals surface area contributed by atoms with Gasteiger partial charge in [0, 0.05) is 80.4 Å². The van der Waals surface area contributed by atoms with Crippen LogP contribution >= 0.6 is 15.9 Å². The topological polar surface area (TPSA) is 78.8 Å². The second-order valence-electron chi connectivity index (χ2n) is 11.1. The summed E-state index contributed by atoms with van der Waals surface area (Å²) in [5, 5.41) is 3.96. The molecule has 2 aromatic carbocycles. The van der Waals surface area contributed by atoms with Gasteiger partial charge in [-0.05, 0) is 72.6 Å². The van der Waals surface area contributed by atoms with Crippen molar-refractivity contribution in [3.8, 4) is 11.6 Å². The van der Waals surface area contributed by atoms with E-state index in [0.29, 0.717) is 44.5 Å². The number of methoxy groups -OCH3 is 1. The number of aromatic nitrogens is 3. The highest BCUT2D eigenvalue weighted by Gasteiger charge is 2.28. The number of carbonyl (C=O) groups excluding carboxylic acids is 1. The molecular weight excluding hydrogens is 601 g/mol. The van der Waals surface area contributed by atoms with Gasteiger partial charge in [0.05, 0.1) is 22.8 Å². The second-order valence-corrected chi connectivity index (χ2v) is 12.0. The molecule has 0 bridgehead atoms. The van der Waals surface area contributed by atoms with E-state index in [1.54, 1.807) is 30.1 Å². The van der Waals surface area contributed by atoms with Crippen molar-refractivity contribution < 1.29 is 13.9 Å². The maximum absolute atomic E-state index is 14.1. The van der Waals surface area contributed by atoms with E-state index in [-0.39, 0.29) is 0 Å². The van der Waals surface area contributed by atoms with Crippen molar-refractivity contribution in [2.24, 2.45) is 0 Å². The van der Waals surface area contributed by atoms with E-state index in [1.807, 2.05) is 0 Å². The van der Waals surface area contributed by atoms with Crippen molar-refractivity contribution in [2.75, 3.05) is 63.6 Å². The summed E-state index contributed by atoms with van der Waals surface area (Å²) in [5.74, 6) is 1.12. The fraction of sp³-hybridized carbons (Fsp3) is 0.387. The Morgan fingerprint density at radius 2 is 1.86 bits per heavy atom. The van der Waals surface area contributed by atoms with Gasteiger partial charge in [-0.1, -0.05) is 0 Å². The van der Waals surface area contributed by atoms with E-state index in [0.717, 1.165) is 69.6 Å². The molecule has 6 rings (SSSR count). The highest BCUT2D eigenvalue weighted by molar-refractivity contribution is 9.10. The van der Waals surface area contributed by atoms with E-state index in [4.69, 9.17) is 9.72 Å². The summed E-state index contributed by atoms with van der Waals surface area (Å²) < 4.78 is 22.2. The zero-order valence-corrected chi connectivity index (χ0v) is 25.7. The maximum atomic E-state index is 14.1. The van der Waals surface area contributed by atoms with Crippen molar-refractivity contribution >= 4 is 50.4 Å². The normalized spacial score (nSPS) is 17.1. The van der Waals surface area contributed by atoms with Crippen LogP contribution in [0.4, 0.5) is 21.7 Å². The molecule has 4 heterocycles. The van der Waals surface area contributed by atoms with Crippen LogP contribution in [0.2, 0.25) is 0 Å². The number of hydrogen-bond acceptors (Lipinski definition) is 8. The van der Waals surface area contributed by atoms with Crippen molar-refractivity contribution in [3.05, 3.63) is 64.1 Å². The number of rotatable bonds is 7. The summed E-state index contributed by atoms with van der Waals surface area (Å²) in [5.41, 5.74) is 4.04. The Balaban J connectivity index is 1.23. The van der Waals surface area contributed by atoms with Gasteiger partial charge in [-0.15, -0.1) is 0 Å². The number of nitrogens with one attached hydrogen (secondary N) is 1. The average molecular weight is 637 g/mol. The van der Waals surface area contributed by atoms with Crippen LogP contribution in [0, 0.1) is 12.7 Å². The number of hydrogen-bond donors (Lipinski definition) is 1. The van der Waals surface area contributed by atoms with Crippen LogP contribution in [0.5, 0.6) is 5.75 Å². The van der Waals surface area contributed by atoms with Crippen LogP contribution in [-0.4, -0.2) is 90.1 Å².